The number of hydrazone groups is 1. The van der Waals surface area contributed by atoms with Gasteiger partial charge in [0.2, 0.25) is 5.24 Å². The number of ketones is 1. The molecule has 0 spiro atoms. The van der Waals surface area contributed by atoms with Crippen LogP contribution in [0.15, 0.2) is 29.4 Å². The first-order valence-corrected chi connectivity index (χ1v) is 11.4. The Balaban J connectivity index is 1.73. The van der Waals surface area contributed by atoms with Crippen LogP contribution >= 0.6 is 11.6 Å². The van der Waals surface area contributed by atoms with Crippen molar-refractivity contribution in [1.29, 1.82) is 0 Å². The van der Waals surface area contributed by atoms with Crippen molar-refractivity contribution in [2.24, 2.45) is 16.9 Å². The average molecular weight is 430 g/mol. The van der Waals surface area contributed by atoms with Crippen LogP contribution in [-0.2, 0) is 9.59 Å². The molecule has 1 aromatic rings. The van der Waals surface area contributed by atoms with Gasteiger partial charge in [-0.05, 0) is 43.4 Å². The lowest BCUT2D eigenvalue weighted by atomic mass is 9.83. The van der Waals surface area contributed by atoms with Crippen molar-refractivity contribution in [2.75, 3.05) is 18.0 Å². The fourth-order valence-electron chi connectivity index (χ4n) is 4.98. The minimum Gasteiger partial charge on any atom is -0.297 e. The van der Waals surface area contributed by atoms with Crippen LogP contribution in [0.1, 0.15) is 63.4 Å². The molecule has 2 fully saturated rings. The summed E-state index contributed by atoms with van der Waals surface area (Å²) in [5.74, 6) is 0.315. The van der Waals surface area contributed by atoms with E-state index in [-0.39, 0.29) is 30.7 Å². The molecule has 7 heteroatoms. The highest BCUT2D eigenvalue weighted by atomic mass is 35.5. The van der Waals surface area contributed by atoms with Crippen LogP contribution in [-0.4, -0.2) is 40.9 Å². The van der Waals surface area contributed by atoms with Crippen molar-refractivity contribution >= 4 is 40.1 Å². The molecule has 0 saturated heterocycles. The molecule has 1 aliphatic heterocycles. The second kappa shape index (κ2) is 9.29. The van der Waals surface area contributed by atoms with E-state index in [1.165, 1.54) is 11.3 Å². The van der Waals surface area contributed by atoms with E-state index in [0.717, 1.165) is 67.7 Å². The van der Waals surface area contributed by atoms with Gasteiger partial charge in [0.1, 0.15) is 6.54 Å². The van der Waals surface area contributed by atoms with Crippen molar-refractivity contribution in [2.45, 2.75) is 57.8 Å². The zero-order valence-electron chi connectivity index (χ0n) is 17.2. The third-order valence-corrected chi connectivity index (χ3v) is 6.66. The molecule has 0 unspecified atom stereocenters. The van der Waals surface area contributed by atoms with Crippen LogP contribution in [0, 0.1) is 11.8 Å². The summed E-state index contributed by atoms with van der Waals surface area (Å²) in [6, 6.07) is 7.18. The van der Waals surface area contributed by atoms with Crippen LogP contribution in [0.2, 0.25) is 0 Å². The number of carbonyl (C=O) groups is 3. The van der Waals surface area contributed by atoms with E-state index in [4.69, 9.17) is 11.6 Å². The van der Waals surface area contributed by atoms with Gasteiger partial charge in [-0.25, -0.2) is 9.80 Å². The van der Waals surface area contributed by atoms with E-state index in [0.29, 0.717) is 5.69 Å². The van der Waals surface area contributed by atoms with Gasteiger partial charge < -0.3 is 0 Å². The molecule has 4 rings (SSSR count). The van der Waals surface area contributed by atoms with Crippen molar-refractivity contribution in [3.05, 3.63) is 29.8 Å². The Labute approximate surface area is 182 Å². The zero-order valence-corrected chi connectivity index (χ0v) is 17.9. The number of fused-ring (bicyclic) bond motifs is 1. The third kappa shape index (κ3) is 4.43. The highest BCUT2D eigenvalue weighted by Gasteiger charge is 2.35. The van der Waals surface area contributed by atoms with E-state index in [1.54, 1.807) is 0 Å². The molecular weight excluding hydrogens is 402 g/mol. The lowest BCUT2D eigenvalue weighted by Gasteiger charge is -2.26. The minimum absolute atomic E-state index is 0.000949. The van der Waals surface area contributed by atoms with Crippen molar-refractivity contribution in [1.82, 2.24) is 5.01 Å². The number of rotatable bonds is 6. The molecule has 1 aromatic carbocycles. The summed E-state index contributed by atoms with van der Waals surface area (Å²) in [7, 11) is 0. The first kappa shape index (κ1) is 21.0. The molecule has 2 aliphatic carbocycles. The van der Waals surface area contributed by atoms with Gasteiger partial charge in [0.15, 0.2) is 5.78 Å². The molecule has 2 amide bonds. The zero-order chi connectivity index (χ0) is 21.1. The van der Waals surface area contributed by atoms with E-state index in [2.05, 4.69) is 5.10 Å². The van der Waals surface area contributed by atoms with Gasteiger partial charge >= 0.3 is 6.03 Å². The average Bonchev–Trinajstić information content (AvgIpc) is 3.27. The predicted octanol–water partition coefficient (Wildman–Crippen LogP) is 4.74. The Bertz CT molecular complexity index is 857. The summed E-state index contributed by atoms with van der Waals surface area (Å²) in [5, 5.41) is 5.16. The Hall–Kier alpha value is -2.21. The predicted molar refractivity (Wildman–Crippen MR) is 117 cm³/mol. The normalized spacial score (nSPS) is 20.7. The topological polar surface area (TPSA) is 70.1 Å². The first-order valence-electron chi connectivity index (χ1n) is 11.0. The van der Waals surface area contributed by atoms with Gasteiger partial charge in [-0.2, -0.15) is 5.10 Å². The number of urea groups is 1. The van der Waals surface area contributed by atoms with Gasteiger partial charge in [0, 0.05) is 17.4 Å². The lowest BCUT2D eigenvalue weighted by molar-refractivity contribution is -0.121. The van der Waals surface area contributed by atoms with Crippen molar-refractivity contribution in [3.63, 3.8) is 0 Å². The van der Waals surface area contributed by atoms with Gasteiger partial charge in [-0.1, -0.05) is 50.3 Å². The second-order valence-electron chi connectivity index (χ2n) is 8.57. The molecule has 6 nitrogen and oxygen atoms in total. The van der Waals surface area contributed by atoms with Gasteiger partial charge in [0.05, 0.1) is 17.9 Å². The summed E-state index contributed by atoms with van der Waals surface area (Å²) >= 11 is 5.64. The summed E-state index contributed by atoms with van der Waals surface area (Å²) < 4.78 is 0. The number of Topliss-reactive ketones (excluding diaryl/α,β-unsaturated/α-hetero) is 1. The Morgan fingerprint density at radius 1 is 0.967 bits per heavy atom. The molecule has 30 heavy (non-hydrogen) atoms. The number of hydrogen-bond donors (Lipinski definition) is 0. The maximum Gasteiger partial charge on any atom is 0.345 e. The van der Waals surface area contributed by atoms with E-state index in [9.17, 15) is 14.4 Å². The summed E-state index contributed by atoms with van der Waals surface area (Å²) in [6.07, 6.45) is 9.35. The number of amides is 2. The number of benzene rings is 1. The number of nitrogens with zero attached hydrogens (tertiary/aromatic N) is 3. The summed E-state index contributed by atoms with van der Waals surface area (Å²) in [6.45, 7) is -0.306. The summed E-state index contributed by atoms with van der Waals surface area (Å²) in [5.41, 5.74) is 2.40. The Kier molecular flexibility index (Phi) is 6.52. The number of anilines is 1. The fourth-order valence-corrected chi connectivity index (χ4v) is 5.09. The monoisotopic (exact) mass is 429 g/mol. The SMILES string of the molecule is O=C(Cl)CN1N=C(C2CCCCC2)c2ccccc2N(CC(=O)C2CCCC2)C1=O. The van der Waals surface area contributed by atoms with E-state index >= 15 is 0 Å². The Morgan fingerprint density at radius 3 is 2.33 bits per heavy atom. The standard InChI is InChI=1S/C23H28ClN3O3/c24-21(29)15-27-23(30)26(14-20(28)16-8-4-5-9-16)19-13-7-6-12-18(19)22(25-27)17-10-2-1-3-11-17/h6-7,12-13,16-17H,1-5,8-11,14-15H2. The number of halogens is 1. The van der Waals surface area contributed by atoms with Crippen LogP contribution in [0.3, 0.4) is 0 Å². The van der Waals surface area contributed by atoms with Gasteiger partial charge in [-0.15, -0.1) is 0 Å². The third-order valence-electron chi connectivity index (χ3n) is 6.54. The molecule has 2 saturated carbocycles. The van der Waals surface area contributed by atoms with Gasteiger partial charge in [0.25, 0.3) is 0 Å². The molecule has 0 atom stereocenters. The highest BCUT2D eigenvalue weighted by Crippen LogP contribution is 2.35. The molecule has 0 radical (unpaired) electrons. The molecular formula is C23H28ClN3O3. The lowest BCUT2D eigenvalue weighted by Crippen LogP contribution is -2.45. The highest BCUT2D eigenvalue weighted by molar-refractivity contribution is 6.64. The van der Waals surface area contributed by atoms with Crippen molar-refractivity contribution in [3.8, 4) is 0 Å². The minimum atomic E-state index is -0.650. The largest absolute Gasteiger partial charge is 0.345 e. The Morgan fingerprint density at radius 2 is 1.63 bits per heavy atom. The van der Waals surface area contributed by atoms with Crippen LogP contribution < -0.4 is 4.90 Å². The van der Waals surface area contributed by atoms with E-state index in [1.807, 2.05) is 24.3 Å². The first-order chi connectivity index (χ1) is 14.5. The molecule has 0 N–H and O–H groups in total. The maximum atomic E-state index is 13.4. The van der Waals surface area contributed by atoms with E-state index < -0.39 is 11.3 Å². The number of hydrogen-bond acceptors (Lipinski definition) is 4. The van der Waals surface area contributed by atoms with Crippen molar-refractivity contribution < 1.29 is 14.4 Å². The van der Waals surface area contributed by atoms with Crippen LogP contribution in [0.4, 0.5) is 10.5 Å². The van der Waals surface area contributed by atoms with Crippen LogP contribution in [0.5, 0.6) is 0 Å². The number of carbonyl (C=O) groups excluding carboxylic acids is 3. The summed E-state index contributed by atoms with van der Waals surface area (Å²) in [4.78, 5) is 39.5. The number of para-hydroxylation sites is 1. The second-order valence-corrected chi connectivity index (χ2v) is 8.99. The fraction of sp³-hybridized carbons (Fsp3) is 0.565. The molecule has 3 aliphatic rings. The smallest absolute Gasteiger partial charge is 0.297 e. The molecule has 0 bridgehead atoms. The molecule has 0 aromatic heterocycles. The molecule has 160 valence electrons. The molecule has 1 heterocycles. The quantitative estimate of drug-likeness (QED) is 0.613. The maximum absolute atomic E-state index is 13.4. The van der Waals surface area contributed by atoms with Crippen LogP contribution in [0.25, 0.3) is 0 Å². The van der Waals surface area contributed by atoms with Gasteiger partial charge in [-0.3, -0.25) is 14.5 Å².